The number of hydrogen-bond donors (Lipinski definition) is 0. The van der Waals surface area contributed by atoms with Gasteiger partial charge in [-0.1, -0.05) is 6.92 Å². The first kappa shape index (κ1) is 10.5. The van der Waals surface area contributed by atoms with Crippen LogP contribution in [0.1, 0.15) is 6.92 Å². The second-order valence-electron chi connectivity index (χ2n) is 2.03. The fraction of sp³-hybridized carbons (Fsp3) is 1.00. The van der Waals surface area contributed by atoms with Crippen LogP contribution in [0.3, 0.4) is 0 Å². The van der Waals surface area contributed by atoms with Crippen LogP contribution in [0.25, 0.3) is 0 Å². The summed E-state index contributed by atoms with van der Waals surface area (Å²) in [4.78, 5) is 0. The van der Waals surface area contributed by atoms with E-state index in [0.29, 0.717) is 0 Å². The molecule has 0 N–H and O–H groups in total. The highest BCUT2D eigenvalue weighted by Crippen LogP contribution is 2.39. The highest BCUT2D eigenvalue weighted by atomic mass is 19.4. The summed E-state index contributed by atoms with van der Waals surface area (Å²) in [5.74, 6) is 0. The summed E-state index contributed by atoms with van der Waals surface area (Å²) in [5, 5.41) is 9.90. The predicted molar refractivity (Wildman–Crippen MR) is 20.5 cm³/mol. The zero-order valence-electron chi connectivity index (χ0n) is 5.18. The van der Waals surface area contributed by atoms with Crippen molar-refractivity contribution < 1.29 is 31.4 Å². The minimum atomic E-state index is -5.80. The summed E-state index contributed by atoms with van der Waals surface area (Å²) in [6.45, 7) is -0.451. The topological polar surface area (TPSA) is 23.1 Å². The molecule has 0 aliphatic carbocycles. The van der Waals surface area contributed by atoms with Crippen molar-refractivity contribution in [1.29, 1.82) is 0 Å². The molecule has 0 rings (SSSR count). The molecule has 0 amide bonds. The third-order valence-electron chi connectivity index (χ3n) is 1.08. The molecule has 0 saturated heterocycles. The summed E-state index contributed by atoms with van der Waals surface area (Å²) in [6, 6.07) is 0. The first-order valence-corrected chi connectivity index (χ1v) is 2.34. The van der Waals surface area contributed by atoms with Crippen molar-refractivity contribution in [2.45, 2.75) is 24.9 Å². The van der Waals surface area contributed by atoms with E-state index in [1.807, 2.05) is 0 Å². The number of halogens is 6. The number of hydrogen-bond acceptors (Lipinski definition) is 1. The van der Waals surface area contributed by atoms with Gasteiger partial charge < -0.3 is 5.11 Å². The molecule has 1 nitrogen and oxygen atoms in total. The minimum Gasteiger partial charge on any atom is -0.837 e. The van der Waals surface area contributed by atoms with Crippen LogP contribution in [0.15, 0.2) is 0 Å². The van der Waals surface area contributed by atoms with E-state index in [2.05, 4.69) is 0 Å². The van der Waals surface area contributed by atoms with Crippen molar-refractivity contribution in [3.05, 3.63) is 0 Å². The molecule has 7 heteroatoms. The Kier molecular flexibility index (Phi) is 2.17. The predicted octanol–water partition coefficient (Wildman–Crippen LogP) is 1.23. The van der Waals surface area contributed by atoms with E-state index in [0.717, 1.165) is 0 Å². The van der Waals surface area contributed by atoms with E-state index in [1.54, 1.807) is 0 Å². The molecule has 0 unspecified atom stereocenters. The third-order valence-corrected chi connectivity index (χ3v) is 1.08. The average molecular weight is 181 g/mol. The van der Waals surface area contributed by atoms with Crippen LogP contribution in [0.4, 0.5) is 26.3 Å². The Bertz CT molecular complexity index is 126. The lowest BCUT2D eigenvalue weighted by Crippen LogP contribution is -2.63. The van der Waals surface area contributed by atoms with Gasteiger partial charge in [0.2, 0.25) is 0 Å². The molecule has 11 heavy (non-hydrogen) atoms. The SMILES string of the molecule is CC([O-])(C(F)(F)F)C(F)(F)F. The van der Waals surface area contributed by atoms with Gasteiger partial charge in [0.15, 0.2) is 0 Å². The Morgan fingerprint density at radius 2 is 1.00 bits per heavy atom. The lowest BCUT2D eigenvalue weighted by atomic mass is 10.1. The van der Waals surface area contributed by atoms with Crippen molar-refractivity contribution >= 4 is 0 Å². The molecule has 0 radical (unpaired) electrons. The molecule has 0 fully saturated rings. The Balaban J connectivity index is 4.75. The first-order chi connectivity index (χ1) is 4.50. The van der Waals surface area contributed by atoms with Gasteiger partial charge in [0, 0.05) is 0 Å². The van der Waals surface area contributed by atoms with Crippen molar-refractivity contribution in [1.82, 2.24) is 0 Å². The second kappa shape index (κ2) is 2.26. The van der Waals surface area contributed by atoms with Crippen molar-refractivity contribution in [2.24, 2.45) is 0 Å². The van der Waals surface area contributed by atoms with E-state index in [1.165, 1.54) is 0 Å². The Hall–Kier alpha value is -0.460. The zero-order valence-corrected chi connectivity index (χ0v) is 5.18. The molecule has 0 aromatic rings. The second-order valence-corrected chi connectivity index (χ2v) is 2.03. The van der Waals surface area contributed by atoms with Gasteiger partial charge in [-0.3, -0.25) is 0 Å². The summed E-state index contributed by atoms with van der Waals surface area (Å²) in [6.07, 6.45) is -11.6. The molecule has 0 heterocycles. The molecule has 0 bridgehead atoms. The molecule has 0 aromatic carbocycles. The van der Waals surface area contributed by atoms with Crippen LogP contribution in [0, 0.1) is 0 Å². The first-order valence-electron chi connectivity index (χ1n) is 2.34. The summed E-state index contributed by atoms with van der Waals surface area (Å²) < 4.78 is 67.8. The molecular formula is C4H3F6O-. The van der Waals surface area contributed by atoms with Crippen LogP contribution in [-0.4, -0.2) is 18.0 Å². The monoisotopic (exact) mass is 181 g/mol. The highest BCUT2D eigenvalue weighted by molar-refractivity contribution is 4.87. The van der Waals surface area contributed by atoms with Crippen LogP contribution in [-0.2, 0) is 0 Å². The molecule has 0 aromatic heterocycles. The van der Waals surface area contributed by atoms with Gasteiger partial charge in [-0.15, -0.1) is 0 Å². The number of alkyl halides is 6. The van der Waals surface area contributed by atoms with Crippen LogP contribution in [0.5, 0.6) is 0 Å². The van der Waals surface area contributed by atoms with Crippen molar-refractivity contribution in [2.75, 3.05) is 0 Å². The van der Waals surface area contributed by atoms with Gasteiger partial charge in [0.05, 0.1) is 5.60 Å². The fourth-order valence-corrected chi connectivity index (χ4v) is 0.161. The Labute approximate surface area is 57.6 Å². The van der Waals surface area contributed by atoms with Gasteiger partial charge in [-0.25, -0.2) is 0 Å². The van der Waals surface area contributed by atoms with Crippen molar-refractivity contribution in [3.63, 3.8) is 0 Å². The van der Waals surface area contributed by atoms with Crippen LogP contribution < -0.4 is 5.11 Å². The van der Waals surface area contributed by atoms with E-state index in [4.69, 9.17) is 0 Å². The normalized spacial score (nSPS) is 15.3. The Morgan fingerprint density at radius 1 is 0.818 bits per heavy atom. The highest BCUT2D eigenvalue weighted by Gasteiger charge is 2.58. The van der Waals surface area contributed by atoms with Gasteiger partial charge >= 0.3 is 12.4 Å². The Morgan fingerprint density at radius 3 is 1.00 bits per heavy atom. The number of rotatable bonds is 0. The quantitative estimate of drug-likeness (QED) is 0.515. The maximum absolute atomic E-state index is 11.3. The molecule has 68 valence electrons. The van der Waals surface area contributed by atoms with Gasteiger partial charge in [-0.05, 0) is 0 Å². The van der Waals surface area contributed by atoms with Gasteiger partial charge in [-0.2, -0.15) is 26.3 Å². The maximum Gasteiger partial charge on any atom is 0.388 e. The molecule has 0 spiro atoms. The molecule has 0 atom stereocenters. The van der Waals surface area contributed by atoms with Gasteiger partial charge in [0.1, 0.15) is 0 Å². The summed E-state index contributed by atoms with van der Waals surface area (Å²) in [7, 11) is 0. The van der Waals surface area contributed by atoms with Crippen LogP contribution in [0.2, 0.25) is 0 Å². The summed E-state index contributed by atoms with van der Waals surface area (Å²) >= 11 is 0. The molecule has 0 aliphatic heterocycles. The zero-order chi connectivity index (χ0) is 9.50. The van der Waals surface area contributed by atoms with Crippen LogP contribution >= 0.6 is 0 Å². The van der Waals surface area contributed by atoms with Crippen molar-refractivity contribution in [3.8, 4) is 0 Å². The third kappa shape index (κ3) is 1.76. The van der Waals surface area contributed by atoms with Gasteiger partial charge in [0.25, 0.3) is 0 Å². The van der Waals surface area contributed by atoms with E-state index >= 15 is 0 Å². The summed E-state index contributed by atoms with van der Waals surface area (Å²) in [5.41, 5.74) is -4.88. The van der Waals surface area contributed by atoms with E-state index < -0.39 is 24.9 Å². The standard InChI is InChI=1S/C4H3F6O/c1-2(11,3(5,6)7)4(8,9)10/h1H3/q-1. The minimum absolute atomic E-state index is 0.451. The molecule has 0 saturated carbocycles. The fourth-order valence-electron chi connectivity index (χ4n) is 0.161. The van der Waals surface area contributed by atoms with E-state index in [9.17, 15) is 31.4 Å². The van der Waals surface area contributed by atoms with E-state index in [-0.39, 0.29) is 0 Å². The average Bonchev–Trinajstić information content (AvgIpc) is 1.58. The molecule has 0 aliphatic rings. The lowest BCUT2D eigenvalue weighted by Gasteiger charge is -2.39. The lowest BCUT2D eigenvalue weighted by molar-refractivity contribution is -0.587. The molecular weight excluding hydrogens is 178 g/mol. The maximum atomic E-state index is 11.3. The largest absolute Gasteiger partial charge is 0.837 e. The smallest absolute Gasteiger partial charge is 0.388 e.